The molecule has 0 atom stereocenters. The zero-order valence-electron chi connectivity index (χ0n) is 10.2. The number of carbonyl (C=O) groups is 2. The molecule has 0 rings (SSSR count). The maximum absolute atomic E-state index is 11.4. The van der Waals surface area contributed by atoms with E-state index in [0.29, 0.717) is 11.1 Å². The summed E-state index contributed by atoms with van der Waals surface area (Å²) < 4.78 is 4.70. The SMILES string of the molecule is CC(C)=C(C)C(=O)OC(=O)C(C)=C(C)C. The van der Waals surface area contributed by atoms with Crippen molar-refractivity contribution in [3.8, 4) is 0 Å². The minimum atomic E-state index is -0.569. The Morgan fingerprint density at radius 1 is 0.667 bits per heavy atom. The molecule has 3 heteroatoms. The highest BCUT2D eigenvalue weighted by Gasteiger charge is 2.15. The normalized spacial score (nSPS) is 9.20. The van der Waals surface area contributed by atoms with Crippen LogP contribution in [0.5, 0.6) is 0 Å². The highest BCUT2D eigenvalue weighted by Crippen LogP contribution is 2.08. The van der Waals surface area contributed by atoms with Crippen molar-refractivity contribution in [3.63, 3.8) is 0 Å². The second kappa shape index (κ2) is 5.49. The number of ether oxygens (including phenoxy) is 1. The molecule has 0 amide bonds. The van der Waals surface area contributed by atoms with E-state index in [2.05, 4.69) is 0 Å². The van der Waals surface area contributed by atoms with Gasteiger partial charge >= 0.3 is 11.9 Å². The Kier molecular flexibility index (Phi) is 4.98. The van der Waals surface area contributed by atoms with Gasteiger partial charge in [0.2, 0.25) is 0 Å². The van der Waals surface area contributed by atoms with Crippen LogP contribution in [0.1, 0.15) is 41.5 Å². The topological polar surface area (TPSA) is 43.4 Å². The summed E-state index contributed by atoms with van der Waals surface area (Å²) in [7, 11) is 0. The Bertz CT molecular complexity index is 304. The van der Waals surface area contributed by atoms with Crippen molar-refractivity contribution < 1.29 is 14.3 Å². The van der Waals surface area contributed by atoms with E-state index in [1.807, 2.05) is 0 Å². The molecule has 0 bridgehead atoms. The van der Waals surface area contributed by atoms with E-state index in [1.54, 1.807) is 41.5 Å². The average molecular weight is 210 g/mol. The van der Waals surface area contributed by atoms with Gasteiger partial charge in [-0.2, -0.15) is 0 Å². The van der Waals surface area contributed by atoms with Crippen molar-refractivity contribution >= 4 is 11.9 Å². The summed E-state index contributed by atoms with van der Waals surface area (Å²) in [6.45, 7) is 10.5. The van der Waals surface area contributed by atoms with Gasteiger partial charge in [0.15, 0.2) is 0 Å². The van der Waals surface area contributed by atoms with Crippen LogP contribution in [0.15, 0.2) is 22.3 Å². The molecule has 84 valence electrons. The van der Waals surface area contributed by atoms with Crippen molar-refractivity contribution in [1.82, 2.24) is 0 Å². The molecule has 0 N–H and O–H groups in total. The van der Waals surface area contributed by atoms with Gasteiger partial charge in [0.1, 0.15) is 0 Å². The van der Waals surface area contributed by atoms with Crippen LogP contribution < -0.4 is 0 Å². The van der Waals surface area contributed by atoms with Crippen molar-refractivity contribution in [2.24, 2.45) is 0 Å². The minimum absolute atomic E-state index is 0.477. The first kappa shape index (κ1) is 13.6. The lowest BCUT2D eigenvalue weighted by Crippen LogP contribution is -2.15. The van der Waals surface area contributed by atoms with E-state index in [1.165, 1.54) is 0 Å². The van der Waals surface area contributed by atoms with Gasteiger partial charge < -0.3 is 4.74 Å². The first-order valence-electron chi connectivity index (χ1n) is 4.82. The molecule has 0 aromatic rings. The van der Waals surface area contributed by atoms with Gasteiger partial charge in [-0.3, -0.25) is 0 Å². The van der Waals surface area contributed by atoms with Crippen molar-refractivity contribution in [2.45, 2.75) is 41.5 Å². The molecule has 0 radical (unpaired) electrons. The maximum Gasteiger partial charge on any atom is 0.341 e. The molecule has 0 aromatic carbocycles. The average Bonchev–Trinajstić information content (AvgIpc) is 2.14. The quantitative estimate of drug-likeness (QED) is 0.400. The number of hydrogen-bond acceptors (Lipinski definition) is 3. The van der Waals surface area contributed by atoms with Crippen LogP contribution in [-0.4, -0.2) is 11.9 Å². The van der Waals surface area contributed by atoms with Crippen molar-refractivity contribution in [2.75, 3.05) is 0 Å². The van der Waals surface area contributed by atoms with Crippen LogP contribution in [0.3, 0.4) is 0 Å². The first-order valence-corrected chi connectivity index (χ1v) is 4.82. The molecule has 3 nitrogen and oxygen atoms in total. The van der Waals surface area contributed by atoms with Crippen LogP contribution in [0, 0.1) is 0 Å². The van der Waals surface area contributed by atoms with Crippen LogP contribution in [0.4, 0.5) is 0 Å². The number of allylic oxidation sites excluding steroid dienone is 2. The molecular formula is C12H18O3. The minimum Gasteiger partial charge on any atom is -0.386 e. The summed E-state index contributed by atoms with van der Waals surface area (Å²) in [6, 6.07) is 0. The molecule has 0 fully saturated rings. The Hall–Kier alpha value is -1.38. The van der Waals surface area contributed by atoms with Gasteiger partial charge in [-0.05, 0) is 41.5 Å². The van der Waals surface area contributed by atoms with Crippen LogP contribution in [0.25, 0.3) is 0 Å². The second-order valence-corrected chi connectivity index (χ2v) is 3.93. The molecule has 0 aliphatic carbocycles. The largest absolute Gasteiger partial charge is 0.386 e. The summed E-state index contributed by atoms with van der Waals surface area (Å²) in [5.41, 5.74) is 2.65. The lowest BCUT2D eigenvalue weighted by Gasteiger charge is -2.05. The molecule has 0 saturated carbocycles. The smallest absolute Gasteiger partial charge is 0.341 e. The van der Waals surface area contributed by atoms with E-state index in [0.717, 1.165) is 11.1 Å². The third-order valence-corrected chi connectivity index (χ3v) is 2.30. The third kappa shape index (κ3) is 4.11. The molecular weight excluding hydrogens is 192 g/mol. The number of rotatable bonds is 2. The fraction of sp³-hybridized carbons (Fsp3) is 0.500. The number of carbonyl (C=O) groups excluding carboxylic acids is 2. The van der Waals surface area contributed by atoms with E-state index in [9.17, 15) is 9.59 Å². The second-order valence-electron chi connectivity index (χ2n) is 3.93. The molecule has 0 heterocycles. The summed E-state index contributed by atoms with van der Waals surface area (Å²) in [4.78, 5) is 22.8. The first-order chi connectivity index (χ1) is 6.77. The Balaban J connectivity index is 4.67. The zero-order chi connectivity index (χ0) is 12.2. The molecule has 0 spiro atoms. The molecule has 0 aliphatic heterocycles. The zero-order valence-corrected chi connectivity index (χ0v) is 10.2. The van der Waals surface area contributed by atoms with E-state index < -0.39 is 11.9 Å². The molecule has 0 saturated heterocycles. The molecule has 0 unspecified atom stereocenters. The summed E-state index contributed by atoms with van der Waals surface area (Å²) in [5.74, 6) is -1.14. The predicted octanol–water partition coefficient (Wildman–Crippen LogP) is 2.77. The van der Waals surface area contributed by atoms with Crippen LogP contribution >= 0.6 is 0 Å². The highest BCUT2D eigenvalue weighted by atomic mass is 16.6. The highest BCUT2D eigenvalue weighted by molar-refractivity contribution is 6.01. The van der Waals surface area contributed by atoms with E-state index >= 15 is 0 Å². The van der Waals surface area contributed by atoms with Gasteiger partial charge in [0.25, 0.3) is 0 Å². The fourth-order valence-electron chi connectivity index (χ4n) is 0.646. The maximum atomic E-state index is 11.4. The molecule has 15 heavy (non-hydrogen) atoms. The molecule has 0 aromatic heterocycles. The van der Waals surface area contributed by atoms with Gasteiger partial charge in [0.05, 0.1) is 0 Å². The Morgan fingerprint density at radius 2 is 0.933 bits per heavy atom. The Labute approximate surface area is 90.8 Å². The van der Waals surface area contributed by atoms with Crippen LogP contribution in [-0.2, 0) is 14.3 Å². The van der Waals surface area contributed by atoms with E-state index in [4.69, 9.17) is 4.74 Å². The predicted molar refractivity (Wildman–Crippen MR) is 59.2 cm³/mol. The van der Waals surface area contributed by atoms with Crippen molar-refractivity contribution in [1.29, 1.82) is 0 Å². The van der Waals surface area contributed by atoms with Gasteiger partial charge in [-0.25, -0.2) is 9.59 Å². The number of hydrogen-bond donors (Lipinski definition) is 0. The lowest BCUT2D eigenvalue weighted by atomic mass is 10.1. The third-order valence-electron chi connectivity index (χ3n) is 2.30. The number of esters is 2. The van der Waals surface area contributed by atoms with E-state index in [-0.39, 0.29) is 0 Å². The summed E-state index contributed by atoms with van der Waals surface area (Å²) >= 11 is 0. The standard InChI is InChI=1S/C12H18O3/c1-7(2)9(5)11(13)15-12(14)10(6)8(3)4/h1-6H3. The monoisotopic (exact) mass is 210 g/mol. The molecule has 0 aliphatic rings. The van der Waals surface area contributed by atoms with Crippen molar-refractivity contribution in [3.05, 3.63) is 22.3 Å². The summed E-state index contributed by atoms with van der Waals surface area (Å²) in [6.07, 6.45) is 0. The lowest BCUT2D eigenvalue weighted by molar-refractivity contribution is -0.154. The van der Waals surface area contributed by atoms with Crippen LogP contribution in [0.2, 0.25) is 0 Å². The summed E-state index contributed by atoms with van der Waals surface area (Å²) in [5, 5.41) is 0. The Morgan fingerprint density at radius 3 is 1.13 bits per heavy atom. The van der Waals surface area contributed by atoms with Gasteiger partial charge in [0, 0.05) is 11.1 Å². The fourth-order valence-corrected chi connectivity index (χ4v) is 0.646. The van der Waals surface area contributed by atoms with Gasteiger partial charge in [-0.1, -0.05) is 11.1 Å². The van der Waals surface area contributed by atoms with Gasteiger partial charge in [-0.15, -0.1) is 0 Å².